The molecule has 0 saturated heterocycles. The highest BCUT2D eigenvalue weighted by molar-refractivity contribution is 6.58. The second-order valence-corrected chi connectivity index (χ2v) is 4.53. The predicted molar refractivity (Wildman–Crippen MR) is 65.2 cm³/mol. The molecule has 0 aliphatic rings. The maximum atomic E-state index is 12.9. The number of aliphatic carboxylic acids is 1. The topological polar surface area (TPSA) is 104 Å². The lowest BCUT2D eigenvalue weighted by Crippen LogP contribution is -2.47. The van der Waals surface area contributed by atoms with Gasteiger partial charge in [0, 0.05) is 12.0 Å². The van der Waals surface area contributed by atoms with Crippen LogP contribution >= 0.6 is 0 Å². The lowest BCUT2D eigenvalue weighted by Gasteiger charge is -2.21. The lowest BCUT2D eigenvalue weighted by atomic mass is 9.78. The van der Waals surface area contributed by atoms with Gasteiger partial charge in [-0.25, -0.2) is 8.78 Å². The Balaban J connectivity index is 3.18. The first-order chi connectivity index (χ1) is 8.65. The van der Waals surface area contributed by atoms with Crippen LogP contribution in [-0.4, -0.2) is 33.8 Å². The van der Waals surface area contributed by atoms with Crippen LogP contribution in [0, 0.1) is 0 Å². The molecule has 0 spiro atoms. The van der Waals surface area contributed by atoms with Crippen molar-refractivity contribution < 1.29 is 28.7 Å². The fraction of sp³-hybridized carbons (Fsp3) is 0.364. The summed E-state index contributed by atoms with van der Waals surface area (Å²) in [6.07, 6.45) is -3.15. The number of rotatable bonds is 5. The van der Waals surface area contributed by atoms with E-state index in [-0.39, 0.29) is 17.4 Å². The Morgan fingerprint density at radius 2 is 2.05 bits per heavy atom. The third-order valence-corrected chi connectivity index (χ3v) is 2.75. The first kappa shape index (κ1) is 15.6. The number of hydrogen-bond acceptors (Lipinski definition) is 4. The van der Waals surface area contributed by atoms with Crippen molar-refractivity contribution in [1.29, 1.82) is 0 Å². The van der Waals surface area contributed by atoms with Gasteiger partial charge in [-0.3, -0.25) is 4.79 Å². The Morgan fingerprint density at radius 1 is 1.47 bits per heavy atom. The summed E-state index contributed by atoms with van der Waals surface area (Å²) in [5.41, 5.74) is 3.35. The largest absolute Gasteiger partial charge is 0.488 e. The molecule has 1 rings (SSSR count). The van der Waals surface area contributed by atoms with Crippen LogP contribution in [0.3, 0.4) is 0 Å². The highest BCUT2D eigenvalue weighted by atomic mass is 19.3. The van der Waals surface area contributed by atoms with Crippen molar-refractivity contribution in [3.8, 4) is 0 Å². The van der Waals surface area contributed by atoms with Crippen LogP contribution in [0.2, 0.25) is 0 Å². The smallest absolute Gasteiger partial charge is 0.480 e. The minimum absolute atomic E-state index is 0.0619. The summed E-state index contributed by atoms with van der Waals surface area (Å²) >= 11 is 0. The van der Waals surface area contributed by atoms with Crippen molar-refractivity contribution in [2.45, 2.75) is 25.3 Å². The van der Waals surface area contributed by atoms with Gasteiger partial charge in [0.15, 0.2) is 0 Å². The zero-order chi connectivity index (χ0) is 14.8. The average molecular weight is 273 g/mol. The molecule has 1 atom stereocenters. The molecule has 0 aromatic heterocycles. The summed E-state index contributed by atoms with van der Waals surface area (Å²) in [4.78, 5) is 10.9. The van der Waals surface area contributed by atoms with Crippen molar-refractivity contribution in [3.05, 3.63) is 29.3 Å². The zero-order valence-electron chi connectivity index (χ0n) is 10.2. The van der Waals surface area contributed by atoms with Gasteiger partial charge >= 0.3 is 13.1 Å². The molecule has 0 saturated carbocycles. The molecule has 5 nitrogen and oxygen atoms in total. The number of halogens is 2. The van der Waals surface area contributed by atoms with Gasteiger partial charge in [-0.15, -0.1) is 0 Å². The average Bonchev–Trinajstić information content (AvgIpc) is 2.28. The molecule has 19 heavy (non-hydrogen) atoms. The summed E-state index contributed by atoms with van der Waals surface area (Å²) in [5, 5.41) is 26.7. The molecule has 0 amide bonds. The third kappa shape index (κ3) is 3.73. The summed E-state index contributed by atoms with van der Waals surface area (Å²) in [5.74, 6) is -1.31. The maximum Gasteiger partial charge on any atom is 0.488 e. The normalized spacial score (nSPS) is 14.3. The van der Waals surface area contributed by atoms with Crippen LogP contribution in [0.4, 0.5) is 8.78 Å². The number of alkyl halides is 2. The maximum absolute atomic E-state index is 12.9. The van der Waals surface area contributed by atoms with Crippen LogP contribution in [0.25, 0.3) is 0 Å². The molecular formula is C11H14BF2NO4. The molecule has 104 valence electrons. The van der Waals surface area contributed by atoms with E-state index in [1.165, 1.54) is 19.1 Å². The third-order valence-electron chi connectivity index (χ3n) is 2.75. The highest BCUT2D eigenvalue weighted by Crippen LogP contribution is 2.24. The number of hydrogen-bond donors (Lipinski definition) is 4. The van der Waals surface area contributed by atoms with Crippen LogP contribution in [0.5, 0.6) is 0 Å². The van der Waals surface area contributed by atoms with Crippen LogP contribution < -0.4 is 11.2 Å². The first-order valence-electron chi connectivity index (χ1n) is 5.44. The molecule has 0 aliphatic carbocycles. The predicted octanol–water partition coefficient (Wildman–Crippen LogP) is -0.351. The van der Waals surface area contributed by atoms with E-state index in [0.717, 1.165) is 6.07 Å². The van der Waals surface area contributed by atoms with E-state index in [1.807, 2.05) is 0 Å². The Hall–Kier alpha value is -1.51. The van der Waals surface area contributed by atoms with Crippen LogP contribution in [0.1, 0.15) is 24.5 Å². The van der Waals surface area contributed by atoms with Crippen LogP contribution in [-0.2, 0) is 11.2 Å². The molecule has 5 N–H and O–H groups in total. The van der Waals surface area contributed by atoms with Crippen molar-refractivity contribution in [1.82, 2.24) is 0 Å². The molecule has 1 aromatic carbocycles. The molecule has 0 aliphatic heterocycles. The van der Waals surface area contributed by atoms with E-state index >= 15 is 0 Å². The van der Waals surface area contributed by atoms with Gasteiger partial charge in [0.2, 0.25) is 0 Å². The van der Waals surface area contributed by atoms with Crippen molar-refractivity contribution in [2.75, 3.05) is 0 Å². The Labute approximate surface area is 108 Å². The molecular weight excluding hydrogens is 259 g/mol. The second-order valence-electron chi connectivity index (χ2n) is 4.53. The number of nitrogens with two attached hydrogens (primary N) is 1. The zero-order valence-corrected chi connectivity index (χ0v) is 10.2. The van der Waals surface area contributed by atoms with Gasteiger partial charge < -0.3 is 20.9 Å². The number of carboxylic acid groups (broad SMARTS) is 1. The molecule has 0 fully saturated rings. The van der Waals surface area contributed by atoms with E-state index in [9.17, 15) is 13.6 Å². The first-order valence-corrected chi connectivity index (χ1v) is 5.44. The van der Waals surface area contributed by atoms with Crippen LogP contribution in [0.15, 0.2) is 18.2 Å². The van der Waals surface area contributed by atoms with E-state index in [0.29, 0.717) is 0 Å². The fourth-order valence-corrected chi connectivity index (χ4v) is 1.61. The van der Waals surface area contributed by atoms with Crippen molar-refractivity contribution >= 4 is 18.6 Å². The Morgan fingerprint density at radius 3 is 2.47 bits per heavy atom. The van der Waals surface area contributed by atoms with Gasteiger partial charge in [0.1, 0.15) is 5.54 Å². The van der Waals surface area contributed by atoms with Gasteiger partial charge in [-0.2, -0.15) is 0 Å². The standard InChI is InChI=1S/C11H14BF2NO4/c1-11(15,10(16)17)5-6-2-3-7(12(18)19)4-8(6)9(13)14/h2-4,9,18-19H,5,15H2,1H3,(H,16,17)/t11-/m0/s1. The van der Waals surface area contributed by atoms with E-state index in [4.69, 9.17) is 20.9 Å². The summed E-state index contributed by atoms with van der Waals surface area (Å²) < 4.78 is 25.8. The van der Waals surface area contributed by atoms with Crippen molar-refractivity contribution in [3.63, 3.8) is 0 Å². The van der Waals surface area contributed by atoms with Gasteiger partial charge in [0.05, 0.1) is 0 Å². The Bertz CT molecular complexity index is 480. The molecule has 0 radical (unpaired) electrons. The fourth-order valence-electron chi connectivity index (χ4n) is 1.61. The van der Waals surface area contributed by atoms with Gasteiger partial charge in [0.25, 0.3) is 6.43 Å². The van der Waals surface area contributed by atoms with Gasteiger partial charge in [-0.1, -0.05) is 18.2 Å². The minimum Gasteiger partial charge on any atom is -0.480 e. The molecule has 8 heteroatoms. The minimum atomic E-state index is -2.86. The van der Waals surface area contributed by atoms with Gasteiger partial charge in [-0.05, 0) is 17.9 Å². The SMILES string of the molecule is C[C@](N)(Cc1ccc(B(O)O)cc1C(F)F)C(=O)O. The molecule has 0 heterocycles. The molecule has 1 aromatic rings. The van der Waals surface area contributed by atoms with E-state index < -0.39 is 30.6 Å². The van der Waals surface area contributed by atoms with E-state index in [2.05, 4.69) is 0 Å². The Kier molecular flexibility index (Phi) is 4.62. The van der Waals surface area contributed by atoms with E-state index in [1.54, 1.807) is 0 Å². The number of benzene rings is 1. The summed E-state index contributed by atoms with van der Waals surface area (Å²) in [6, 6.07) is 3.40. The lowest BCUT2D eigenvalue weighted by molar-refractivity contribution is -0.142. The van der Waals surface area contributed by atoms with Crippen molar-refractivity contribution in [2.24, 2.45) is 5.73 Å². The second kappa shape index (κ2) is 5.64. The monoisotopic (exact) mass is 273 g/mol. The molecule has 0 bridgehead atoms. The summed E-state index contributed by atoms with van der Waals surface area (Å²) in [7, 11) is -1.87. The highest BCUT2D eigenvalue weighted by Gasteiger charge is 2.30. The number of carbonyl (C=O) groups is 1. The molecule has 0 unspecified atom stereocenters. The number of carboxylic acids is 1. The quantitative estimate of drug-likeness (QED) is 0.549. The summed E-state index contributed by atoms with van der Waals surface area (Å²) in [6.45, 7) is 1.22.